The van der Waals surface area contributed by atoms with E-state index < -0.39 is 39.6 Å². The molecule has 11 heteroatoms. The first-order valence-electron chi connectivity index (χ1n) is 11.0. The van der Waals surface area contributed by atoms with Gasteiger partial charge in [-0.05, 0) is 49.9 Å². The molecule has 2 amide bonds. The topological polar surface area (TPSA) is 105 Å². The number of aryl methyl sites for hydroxylation is 1. The van der Waals surface area contributed by atoms with Gasteiger partial charge in [-0.3, -0.25) is 9.59 Å². The summed E-state index contributed by atoms with van der Waals surface area (Å²) in [7, 11) is -3.98. The molecular weight excluding hydrogens is 468 g/mol. The van der Waals surface area contributed by atoms with Gasteiger partial charge in [-0.25, -0.2) is 17.2 Å². The third kappa shape index (κ3) is 4.62. The van der Waals surface area contributed by atoms with Gasteiger partial charge in [0, 0.05) is 25.2 Å². The van der Waals surface area contributed by atoms with Gasteiger partial charge in [0.15, 0.2) is 6.10 Å². The van der Waals surface area contributed by atoms with Crippen LogP contribution in [0.3, 0.4) is 0 Å². The summed E-state index contributed by atoms with van der Waals surface area (Å²) in [5.74, 6) is -2.92. The molecule has 2 aliphatic heterocycles. The summed E-state index contributed by atoms with van der Waals surface area (Å²) in [6, 6.07) is 5.78. The summed E-state index contributed by atoms with van der Waals surface area (Å²) in [5, 5.41) is 5.16. The Labute approximate surface area is 196 Å². The summed E-state index contributed by atoms with van der Waals surface area (Å²) in [6.07, 6.45) is 0.592. The molecule has 2 aromatic carbocycles. The van der Waals surface area contributed by atoms with Crippen molar-refractivity contribution in [3.8, 4) is 5.75 Å². The van der Waals surface area contributed by atoms with Crippen molar-refractivity contribution in [3.63, 3.8) is 0 Å². The number of carbonyl (C=O) groups excluding carboxylic acids is 2. The molecule has 2 aromatic rings. The number of piperidine rings is 1. The number of rotatable bonds is 5. The average Bonchev–Trinajstić information content (AvgIpc) is 2.80. The molecule has 0 aliphatic carbocycles. The minimum absolute atomic E-state index is 0.0305. The number of ether oxygens (including phenoxy) is 1. The van der Waals surface area contributed by atoms with Crippen LogP contribution in [0.2, 0.25) is 0 Å². The molecule has 0 unspecified atom stereocenters. The van der Waals surface area contributed by atoms with Crippen LogP contribution in [0.4, 0.5) is 20.2 Å². The van der Waals surface area contributed by atoms with Gasteiger partial charge in [-0.15, -0.1) is 0 Å². The molecule has 0 bridgehead atoms. The second-order valence-electron chi connectivity index (χ2n) is 8.43. The van der Waals surface area contributed by atoms with Crippen molar-refractivity contribution in [2.45, 2.75) is 44.1 Å². The third-order valence-electron chi connectivity index (χ3n) is 6.03. The molecule has 8 nitrogen and oxygen atoms in total. The standard InChI is InChI=1S/C23H25F2N3O5S/c1-3-19-23(30)27-18-9-13(2)21(11-20(18)33-19)34(31,32)28-8-4-5-14(12-28)22(29)26-17-7-6-15(24)10-16(17)25/h6-7,9-11,14,19H,3-5,8,12H2,1-2H3,(H,26,29)(H,27,30)/t14-,19+/m0/s1. The fraction of sp³-hybridized carbons (Fsp3) is 0.391. The number of nitrogens with one attached hydrogen (secondary N) is 2. The zero-order valence-electron chi connectivity index (χ0n) is 18.7. The van der Waals surface area contributed by atoms with E-state index in [9.17, 15) is 26.8 Å². The molecular formula is C23H25F2N3O5S. The maximum Gasteiger partial charge on any atom is 0.265 e. The quantitative estimate of drug-likeness (QED) is 0.664. The molecule has 34 heavy (non-hydrogen) atoms. The van der Waals surface area contributed by atoms with E-state index in [0.29, 0.717) is 36.6 Å². The van der Waals surface area contributed by atoms with Crippen molar-refractivity contribution in [1.29, 1.82) is 0 Å². The van der Waals surface area contributed by atoms with E-state index in [1.165, 1.54) is 10.4 Å². The van der Waals surface area contributed by atoms with E-state index >= 15 is 0 Å². The lowest BCUT2D eigenvalue weighted by Gasteiger charge is -2.32. The van der Waals surface area contributed by atoms with Gasteiger partial charge in [0.1, 0.15) is 17.4 Å². The second-order valence-corrected chi connectivity index (χ2v) is 10.3. The van der Waals surface area contributed by atoms with E-state index in [1.54, 1.807) is 19.9 Å². The lowest BCUT2D eigenvalue weighted by Crippen LogP contribution is -2.44. The van der Waals surface area contributed by atoms with Crippen LogP contribution < -0.4 is 15.4 Å². The SMILES string of the molecule is CC[C@H]1Oc2cc(S(=O)(=O)N3CCC[C@H](C(=O)Nc4ccc(F)cc4F)C3)c(C)cc2NC1=O. The van der Waals surface area contributed by atoms with Gasteiger partial charge in [0.25, 0.3) is 5.91 Å². The van der Waals surface area contributed by atoms with Gasteiger partial charge in [0.05, 0.1) is 22.2 Å². The molecule has 2 N–H and O–H groups in total. The first-order chi connectivity index (χ1) is 16.1. The molecule has 2 aliphatic rings. The highest BCUT2D eigenvalue weighted by molar-refractivity contribution is 7.89. The Morgan fingerprint density at radius 1 is 1.26 bits per heavy atom. The number of anilines is 2. The zero-order chi connectivity index (χ0) is 24.6. The van der Waals surface area contributed by atoms with Crippen molar-refractivity contribution in [2.75, 3.05) is 23.7 Å². The Bertz CT molecular complexity index is 1250. The minimum atomic E-state index is -3.98. The number of carbonyl (C=O) groups is 2. The Balaban J connectivity index is 1.55. The van der Waals surface area contributed by atoms with Crippen LogP contribution >= 0.6 is 0 Å². The Kier molecular flexibility index (Phi) is 6.59. The summed E-state index contributed by atoms with van der Waals surface area (Å²) < 4.78 is 60.9. The van der Waals surface area contributed by atoms with Crippen LogP contribution in [0.25, 0.3) is 0 Å². The van der Waals surface area contributed by atoms with Crippen molar-refractivity contribution in [1.82, 2.24) is 4.31 Å². The first kappa shape index (κ1) is 24.1. The van der Waals surface area contributed by atoms with E-state index in [2.05, 4.69) is 10.6 Å². The predicted molar refractivity (Wildman–Crippen MR) is 121 cm³/mol. The van der Waals surface area contributed by atoms with Crippen molar-refractivity contribution in [2.24, 2.45) is 5.92 Å². The van der Waals surface area contributed by atoms with Crippen molar-refractivity contribution in [3.05, 3.63) is 47.5 Å². The van der Waals surface area contributed by atoms with E-state index in [0.717, 1.165) is 12.1 Å². The fourth-order valence-electron chi connectivity index (χ4n) is 4.17. The number of halogens is 2. The van der Waals surface area contributed by atoms with E-state index in [1.807, 2.05) is 0 Å². The predicted octanol–water partition coefficient (Wildman–Crippen LogP) is 3.42. The highest BCUT2D eigenvalue weighted by atomic mass is 32.2. The Morgan fingerprint density at radius 3 is 2.74 bits per heavy atom. The molecule has 0 radical (unpaired) electrons. The van der Waals surface area contributed by atoms with Gasteiger partial charge < -0.3 is 15.4 Å². The minimum Gasteiger partial charge on any atom is -0.478 e. The number of hydrogen-bond donors (Lipinski definition) is 2. The number of sulfonamides is 1. The molecule has 2 atom stereocenters. The number of fused-ring (bicyclic) bond motifs is 1. The fourth-order valence-corrected chi connectivity index (χ4v) is 5.92. The van der Waals surface area contributed by atoms with Gasteiger partial charge in [-0.1, -0.05) is 6.92 Å². The molecule has 4 rings (SSSR count). The summed E-state index contributed by atoms with van der Waals surface area (Å²) >= 11 is 0. The van der Waals surface area contributed by atoms with Crippen LogP contribution in [0.1, 0.15) is 31.7 Å². The van der Waals surface area contributed by atoms with E-state index in [4.69, 9.17) is 4.74 Å². The lowest BCUT2D eigenvalue weighted by molar-refractivity contribution is -0.123. The maximum atomic E-state index is 13.9. The van der Waals surface area contributed by atoms with Crippen molar-refractivity contribution >= 4 is 33.2 Å². The highest BCUT2D eigenvalue weighted by Gasteiger charge is 2.36. The van der Waals surface area contributed by atoms with Crippen LogP contribution in [0.5, 0.6) is 5.75 Å². The Morgan fingerprint density at radius 2 is 2.03 bits per heavy atom. The molecule has 1 fully saturated rings. The number of hydrogen-bond acceptors (Lipinski definition) is 5. The van der Waals surface area contributed by atoms with Crippen LogP contribution in [-0.2, 0) is 19.6 Å². The molecule has 0 aromatic heterocycles. The smallest absolute Gasteiger partial charge is 0.265 e. The molecule has 0 saturated carbocycles. The van der Waals surface area contributed by atoms with Crippen molar-refractivity contribution < 1.29 is 31.5 Å². The molecule has 182 valence electrons. The second kappa shape index (κ2) is 9.30. The van der Waals surface area contributed by atoms with Crippen LogP contribution in [0, 0.1) is 24.5 Å². The van der Waals surface area contributed by atoms with Gasteiger partial charge >= 0.3 is 0 Å². The monoisotopic (exact) mass is 493 g/mol. The third-order valence-corrected chi connectivity index (χ3v) is 8.04. The average molecular weight is 494 g/mol. The number of benzene rings is 2. The maximum absolute atomic E-state index is 13.9. The largest absolute Gasteiger partial charge is 0.478 e. The van der Waals surface area contributed by atoms with Gasteiger partial charge in [0.2, 0.25) is 15.9 Å². The summed E-state index contributed by atoms with van der Waals surface area (Å²) in [4.78, 5) is 24.8. The zero-order valence-corrected chi connectivity index (χ0v) is 19.5. The summed E-state index contributed by atoms with van der Waals surface area (Å²) in [6.45, 7) is 3.56. The first-order valence-corrected chi connectivity index (χ1v) is 12.4. The highest BCUT2D eigenvalue weighted by Crippen LogP contribution is 2.36. The molecule has 1 saturated heterocycles. The van der Waals surface area contributed by atoms with Crippen LogP contribution in [0.15, 0.2) is 35.2 Å². The Hall–Kier alpha value is -3.05. The molecule has 0 spiro atoms. The van der Waals surface area contributed by atoms with E-state index in [-0.39, 0.29) is 35.3 Å². The molecule has 2 heterocycles. The summed E-state index contributed by atoms with van der Waals surface area (Å²) in [5.41, 5.74) is 0.669. The normalized spacial score (nSPS) is 20.8. The van der Waals surface area contributed by atoms with Crippen LogP contribution in [-0.4, -0.2) is 43.7 Å². The number of nitrogens with zero attached hydrogens (tertiary/aromatic N) is 1. The van der Waals surface area contributed by atoms with Gasteiger partial charge in [-0.2, -0.15) is 4.31 Å². The number of amides is 2. The lowest BCUT2D eigenvalue weighted by atomic mass is 9.98.